The molecule has 0 aromatic rings. The number of rotatable bonds is 6. The molecule has 0 amide bonds. The van der Waals surface area contributed by atoms with Crippen molar-refractivity contribution in [1.29, 1.82) is 0 Å². The van der Waals surface area contributed by atoms with Crippen LogP contribution in [0.2, 0.25) is 0 Å². The summed E-state index contributed by atoms with van der Waals surface area (Å²) in [5.74, 6) is 5.15. The van der Waals surface area contributed by atoms with Gasteiger partial charge in [-0.05, 0) is 112 Å². The highest BCUT2D eigenvalue weighted by molar-refractivity contribution is 5.60. The summed E-state index contributed by atoms with van der Waals surface area (Å²) < 4.78 is 11.2. The SMILES string of the molecule is CC(C)CCC[C@@H](C)[C@H]1CC[C@H]2[C@@H]3CC=C4C[C@@H](OC(=O)OC(C)(C)C)CC[C@]4(C)[C@H]3CC[C@]12C. The van der Waals surface area contributed by atoms with Crippen LogP contribution < -0.4 is 0 Å². The molecule has 0 aromatic carbocycles. The Labute approximate surface area is 216 Å². The second kappa shape index (κ2) is 10.1. The fraction of sp³-hybridized carbons (Fsp3) is 0.906. The van der Waals surface area contributed by atoms with Crippen LogP contribution in [-0.2, 0) is 9.47 Å². The van der Waals surface area contributed by atoms with Gasteiger partial charge in [-0.3, -0.25) is 0 Å². The van der Waals surface area contributed by atoms with Crippen LogP contribution in [0.3, 0.4) is 0 Å². The lowest BCUT2D eigenvalue weighted by atomic mass is 9.47. The van der Waals surface area contributed by atoms with Crippen molar-refractivity contribution in [3.63, 3.8) is 0 Å². The van der Waals surface area contributed by atoms with Gasteiger partial charge in [-0.25, -0.2) is 4.79 Å². The maximum Gasteiger partial charge on any atom is 0.509 e. The van der Waals surface area contributed by atoms with Crippen LogP contribution in [0.1, 0.15) is 126 Å². The number of ether oxygens (including phenoxy) is 2. The molecule has 3 heteroatoms. The van der Waals surface area contributed by atoms with Crippen molar-refractivity contribution in [2.75, 3.05) is 0 Å². The fourth-order valence-electron chi connectivity index (χ4n) is 9.16. The lowest BCUT2D eigenvalue weighted by Crippen LogP contribution is -2.51. The van der Waals surface area contributed by atoms with Crippen molar-refractivity contribution in [3.05, 3.63) is 11.6 Å². The van der Waals surface area contributed by atoms with Crippen LogP contribution in [0.25, 0.3) is 0 Å². The molecule has 4 rings (SSSR count). The lowest BCUT2D eigenvalue weighted by Gasteiger charge is -2.58. The van der Waals surface area contributed by atoms with E-state index in [-0.39, 0.29) is 6.10 Å². The topological polar surface area (TPSA) is 35.5 Å². The van der Waals surface area contributed by atoms with Crippen molar-refractivity contribution in [2.45, 2.75) is 138 Å². The molecule has 0 radical (unpaired) electrons. The molecule has 0 aromatic heterocycles. The second-order valence-corrected chi connectivity index (χ2v) is 14.7. The summed E-state index contributed by atoms with van der Waals surface area (Å²) in [6, 6.07) is 0. The predicted octanol–water partition coefficient (Wildman–Crippen LogP) is 9.35. The van der Waals surface area contributed by atoms with Gasteiger partial charge in [0.2, 0.25) is 0 Å². The van der Waals surface area contributed by atoms with Crippen molar-refractivity contribution >= 4 is 6.16 Å². The van der Waals surface area contributed by atoms with Gasteiger partial charge in [0.1, 0.15) is 11.7 Å². The Hall–Kier alpha value is -0.990. The van der Waals surface area contributed by atoms with Gasteiger partial charge in [0.25, 0.3) is 0 Å². The number of allylic oxidation sites excluding steroid dienone is 1. The Kier molecular flexibility index (Phi) is 7.77. The highest BCUT2D eigenvalue weighted by atomic mass is 16.7. The average Bonchev–Trinajstić information content (AvgIpc) is 3.09. The number of hydrogen-bond donors (Lipinski definition) is 0. The van der Waals surface area contributed by atoms with Gasteiger partial charge in [-0.1, -0.05) is 65.5 Å². The molecule has 200 valence electrons. The van der Waals surface area contributed by atoms with Crippen LogP contribution in [0.5, 0.6) is 0 Å². The zero-order chi connectivity index (χ0) is 25.6. The van der Waals surface area contributed by atoms with Gasteiger partial charge in [0.05, 0.1) is 0 Å². The van der Waals surface area contributed by atoms with E-state index in [1.54, 1.807) is 5.57 Å². The molecule has 8 atom stereocenters. The average molecular weight is 487 g/mol. The van der Waals surface area contributed by atoms with E-state index >= 15 is 0 Å². The summed E-state index contributed by atoms with van der Waals surface area (Å²) in [6.45, 7) is 18.2. The summed E-state index contributed by atoms with van der Waals surface area (Å²) >= 11 is 0. The van der Waals surface area contributed by atoms with E-state index < -0.39 is 11.8 Å². The molecule has 0 spiro atoms. The molecule has 35 heavy (non-hydrogen) atoms. The van der Waals surface area contributed by atoms with Gasteiger partial charge in [0.15, 0.2) is 0 Å². The quantitative estimate of drug-likeness (QED) is 0.277. The minimum atomic E-state index is -0.506. The maximum atomic E-state index is 12.3. The molecule has 0 N–H and O–H groups in total. The highest BCUT2D eigenvalue weighted by Gasteiger charge is 2.59. The van der Waals surface area contributed by atoms with Crippen molar-refractivity contribution in [1.82, 2.24) is 0 Å². The maximum absolute atomic E-state index is 12.3. The second-order valence-electron chi connectivity index (χ2n) is 14.7. The molecule has 0 bridgehead atoms. The van der Waals surface area contributed by atoms with Crippen LogP contribution in [0.4, 0.5) is 4.79 Å². The van der Waals surface area contributed by atoms with Gasteiger partial charge in [-0.15, -0.1) is 0 Å². The Morgan fingerprint density at radius 3 is 2.46 bits per heavy atom. The highest BCUT2D eigenvalue weighted by Crippen LogP contribution is 2.67. The molecule has 0 saturated heterocycles. The summed E-state index contributed by atoms with van der Waals surface area (Å²) in [4.78, 5) is 12.3. The van der Waals surface area contributed by atoms with Crippen LogP contribution in [-0.4, -0.2) is 17.9 Å². The van der Waals surface area contributed by atoms with Gasteiger partial charge >= 0.3 is 6.16 Å². The molecule has 3 nitrogen and oxygen atoms in total. The van der Waals surface area contributed by atoms with E-state index in [2.05, 4.69) is 40.7 Å². The van der Waals surface area contributed by atoms with E-state index in [9.17, 15) is 4.79 Å². The first-order valence-corrected chi connectivity index (χ1v) is 14.9. The summed E-state index contributed by atoms with van der Waals surface area (Å²) in [5, 5.41) is 0. The third-order valence-electron chi connectivity index (χ3n) is 10.9. The van der Waals surface area contributed by atoms with E-state index in [0.29, 0.717) is 10.8 Å². The zero-order valence-corrected chi connectivity index (χ0v) is 24.1. The first-order valence-electron chi connectivity index (χ1n) is 14.9. The number of carbonyl (C=O) groups excluding carboxylic acids is 1. The van der Waals surface area contributed by atoms with E-state index in [4.69, 9.17) is 9.47 Å². The number of carbonyl (C=O) groups is 1. The standard InChI is InChI=1S/C32H54O3/c1-21(2)10-9-11-22(3)26-14-15-27-25-13-12-23-20-24(34-29(33)35-30(4,5)6)16-18-31(23,7)28(25)17-19-32(26,27)8/h12,21-22,24-28H,9-11,13-20H2,1-8H3/t22-,24+,25+,26-,27+,28+,31+,32-/m1/s1. The molecule has 4 aliphatic carbocycles. The number of fused-ring (bicyclic) bond motifs is 5. The Morgan fingerprint density at radius 2 is 1.77 bits per heavy atom. The predicted molar refractivity (Wildman–Crippen MR) is 144 cm³/mol. The largest absolute Gasteiger partial charge is 0.509 e. The Bertz CT molecular complexity index is 791. The van der Waals surface area contributed by atoms with Crippen molar-refractivity contribution in [3.8, 4) is 0 Å². The summed E-state index contributed by atoms with van der Waals surface area (Å²) in [5.41, 5.74) is 1.90. The molecule has 3 saturated carbocycles. The minimum absolute atomic E-state index is 0.0304. The van der Waals surface area contributed by atoms with Gasteiger partial charge < -0.3 is 9.47 Å². The molecular formula is C32H54O3. The Morgan fingerprint density at radius 1 is 1.03 bits per heavy atom. The molecule has 0 aliphatic heterocycles. The van der Waals surface area contributed by atoms with Crippen LogP contribution in [0, 0.1) is 46.3 Å². The molecule has 4 aliphatic rings. The zero-order valence-electron chi connectivity index (χ0n) is 24.1. The molecule has 3 fully saturated rings. The summed E-state index contributed by atoms with van der Waals surface area (Å²) in [7, 11) is 0. The van der Waals surface area contributed by atoms with Gasteiger partial charge in [-0.2, -0.15) is 0 Å². The van der Waals surface area contributed by atoms with Gasteiger partial charge in [0, 0.05) is 6.42 Å². The van der Waals surface area contributed by atoms with Crippen molar-refractivity contribution in [2.24, 2.45) is 46.3 Å². The monoisotopic (exact) mass is 486 g/mol. The fourth-order valence-corrected chi connectivity index (χ4v) is 9.16. The van der Waals surface area contributed by atoms with Crippen molar-refractivity contribution < 1.29 is 14.3 Å². The molecular weight excluding hydrogens is 432 g/mol. The van der Waals surface area contributed by atoms with Crippen LogP contribution >= 0.6 is 0 Å². The Balaban J connectivity index is 1.42. The molecule has 0 heterocycles. The third kappa shape index (κ3) is 5.49. The van der Waals surface area contributed by atoms with E-state index in [1.165, 1.54) is 51.4 Å². The smallest absolute Gasteiger partial charge is 0.431 e. The minimum Gasteiger partial charge on any atom is -0.431 e. The normalized spacial score (nSPS) is 39.8. The van der Waals surface area contributed by atoms with E-state index in [0.717, 1.165) is 54.8 Å². The molecule has 0 unspecified atom stereocenters. The third-order valence-corrected chi connectivity index (χ3v) is 10.9. The first-order chi connectivity index (χ1) is 16.3. The lowest BCUT2D eigenvalue weighted by molar-refractivity contribution is -0.0676. The van der Waals surface area contributed by atoms with Crippen LogP contribution in [0.15, 0.2) is 11.6 Å². The van der Waals surface area contributed by atoms with E-state index in [1.807, 2.05) is 20.8 Å². The number of hydrogen-bond acceptors (Lipinski definition) is 3. The summed E-state index contributed by atoms with van der Waals surface area (Å²) in [6.07, 6.45) is 16.2. The first kappa shape index (κ1) is 27.1.